The van der Waals surface area contributed by atoms with Crippen molar-refractivity contribution in [3.05, 3.63) is 28.6 Å². The first-order chi connectivity index (χ1) is 21.4. The zero-order chi connectivity index (χ0) is 33.3. The van der Waals surface area contributed by atoms with Crippen LogP contribution in [0.15, 0.2) is 23.0 Å². The number of hydrogen-bond acceptors (Lipinski definition) is 13. The number of rotatable bonds is 14. The molecule has 5 atom stereocenters. The molecular weight excluding hydrogens is 592 g/mol. The van der Waals surface area contributed by atoms with Crippen molar-refractivity contribution in [3.63, 3.8) is 0 Å². The predicted octanol–water partition coefficient (Wildman–Crippen LogP) is 2.93. The van der Waals surface area contributed by atoms with Gasteiger partial charge in [0.1, 0.15) is 0 Å². The van der Waals surface area contributed by atoms with E-state index < -0.39 is 60.1 Å². The van der Waals surface area contributed by atoms with E-state index in [1.165, 1.54) is 4.57 Å². The lowest BCUT2D eigenvalue weighted by Gasteiger charge is -2.43. The summed E-state index contributed by atoms with van der Waals surface area (Å²) < 4.78 is 40.7. The Labute approximate surface area is 261 Å². The molecule has 1 aliphatic rings. The van der Waals surface area contributed by atoms with Crippen LogP contribution >= 0.6 is 0 Å². The van der Waals surface area contributed by atoms with Crippen LogP contribution in [0.2, 0.25) is 0 Å². The van der Waals surface area contributed by atoms with Crippen molar-refractivity contribution >= 4 is 40.5 Å². The Morgan fingerprint density at radius 2 is 1.47 bits per heavy atom. The van der Waals surface area contributed by atoms with Crippen molar-refractivity contribution in [1.29, 1.82) is 0 Å². The summed E-state index contributed by atoms with van der Waals surface area (Å²) in [6, 6.07) is 4.78. The number of methoxy groups -OCH3 is 1. The van der Waals surface area contributed by atoms with Crippen molar-refractivity contribution in [2.75, 3.05) is 19.5 Å². The number of ether oxygens (including phenoxy) is 7. The molecule has 3 rings (SSSR count). The Kier molecular flexibility index (Phi) is 12.6. The molecule has 0 radical (unpaired) electrons. The van der Waals surface area contributed by atoms with Crippen molar-refractivity contribution in [1.82, 2.24) is 4.57 Å². The van der Waals surface area contributed by atoms with Gasteiger partial charge in [0.25, 0.3) is 5.56 Å². The highest BCUT2D eigenvalue weighted by atomic mass is 16.7. The van der Waals surface area contributed by atoms with E-state index in [0.717, 1.165) is 60.0 Å². The summed E-state index contributed by atoms with van der Waals surface area (Å²) in [6.07, 6.45) is -2.15. The molecule has 14 heteroatoms. The maximum atomic E-state index is 13.6. The van der Waals surface area contributed by atoms with Crippen LogP contribution in [0.1, 0.15) is 66.2 Å². The summed E-state index contributed by atoms with van der Waals surface area (Å²) in [6.45, 7) is 5.59. The topological polar surface area (TPSA) is 181 Å². The van der Waals surface area contributed by atoms with Gasteiger partial charge < -0.3 is 43.5 Å². The molecule has 1 saturated heterocycles. The van der Waals surface area contributed by atoms with Gasteiger partial charge in [-0.25, -0.2) is 4.79 Å². The summed E-state index contributed by atoms with van der Waals surface area (Å²) in [5.74, 6) is -3.73. The number of unbranched alkanes of at least 4 members (excludes halogenated alkanes) is 5. The minimum Gasteiger partial charge on any atom is -0.485 e. The number of benzene rings is 1. The normalized spacial score (nSPS) is 21.1. The van der Waals surface area contributed by atoms with Crippen LogP contribution in [0.25, 0.3) is 10.9 Å². The third-order valence-corrected chi connectivity index (χ3v) is 7.15. The molecular formula is C31H42N2O12. The summed E-state index contributed by atoms with van der Waals surface area (Å²) in [5, 5.41) is 0.384. The number of carbonyl (C=O) groups is 4. The molecule has 1 fully saturated rings. The van der Waals surface area contributed by atoms with Crippen LogP contribution < -0.4 is 20.8 Å². The van der Waals surface area contributed by atoms with Crippen molar-refractivity contribution < 1.29 is 52.3 Å². The Balaban J connectivity index is 2.13. The van der Waals surface area contributed by atoms with Gasteiger partial charge in [0, 0.05) is 38.9 Å². The zero-order valence-corrected chi connectivity index (χ0v) is 26.5. The average molecular weight is 635 g/mol. The summed E-state index contributed by atoms with van der Waals surface area (Å²) in [4.78, 5) is 62.9. The highest BCUT2D eigenvalue weighted by molar-refractivity contribution is 5.90. The third kappa shape index (κ3) is 8.87. The number of aromatic nitrogens is 1. The van der Waals surface area contributed by atoms with E-state index in [9.17, 15) is 24.0 Å². The van der Waals surface area contributed by atoms with Crippen LogP contribution in [0.4, 0.5) is 5.69 Å². The number of nitrogens with zero attached hydrogens (tertiary/aromatic N) is 1. The molecule has 1 aromatic heterocycles. The van der Waals surface area contributed by atoms with E-state index in [-0.39, 0.29) is 18.1 Å². The number of anilines is 1. The van der Waals surface area contributed by atoms with Gasteiger partial charge in [-0.3, -0.25) is 19.2 Å². The molecule has 14 nitrogen and oxygen atoms in total. The Hall–Kier alpha value is -4.33. The SMILES string of the molecule is CCCCCCCCOc1c(O[C@@H]2O[C@H](C(=O)OC)[C@@H](OC(C)=O)[C@H](OC(C)=O)[C@H]2OC(C)=O)c2ccc(N)cc2n(C)c1=O. The Morgan fingerprint density at radius 3 is 2.09 bits per heavy atom. The second-order valence-corrected chi connectivity index (χ2v) is 10.7. The minimum atomic E-state index is -1.68. The van der Waals surface area contributed by atoms with E-state index in [2.05, 4.69) is 6.92 Å². The van der Waals surface area contributed by atoms with Crippen LogP contribution in [0, 0.1) is 0 Å². The van der Waals surface area contributed by atoms with E-state index in [1.807, 2.05) is 0 Å². The minimum absolute atomic E-state index is 0.0858. The number of pyridine rings is 1. The van der Waals surface area contributed by atoms with Crippen molar-refractivity contribution in [3.8, 4) is 11.5 Å². The van der Waals surface area contributed by atoms with Gasteiger partial charge in [0.2, 0.25) is 18.1 Å². The molecule has 2 heterocycles. The van der Waals surface area contributed by atoms with E-state index >= 15 is 0 Å². The monoisotopic (exact) mass is 634 g/mol. The zero-order valence-electron chi connectivity index (χ0n) is 26.5. The number of nitrogens with two attached hydrogens (primary N) is 1. The molecule has 0 aliphatic carbocycles. The fraction of sp³-hybridized carbons (Fsp3) is 0.581. The number of nitrogen functional groups attached to an aromatic ring is 1. The first-order valence-corrected chi connectivity index (χ1v) is 14.9. The lowest BCUT2D eigenvalue weighted by atomic mass is 9.97. The average Bonchev–Trinajstić information content (AvgIpc) is 2.98. The largest absolute Gasteiger partial charge is 0.485 e. The molecule has 1 aromatic carbocycles. The van der Waals surface area contributed by atoms with Crippen LogP contribution in [-0.2, 0) is 49.9 Å². The smallest absolute Gasteiger partial charge is 0.339 e. The van der Waals surface area contributed by atoms with Crippen LogP contribution in [0.5, 0.6) is 11.5 Å². The number of fused-ring (bicyclic) bond motifs is 1. The molecule has 0 amide bonds. The predicted molar refractivity (Wildman–Crippen MR) is 160 cm³/mol. The maximum Gasteiger partial charge on any atom is 0.339 e. The molecule has 1 aliphatic heterocycles. The second-order valence-electron chi connectivity index (χ2n) is 10.7. The lowest BCUT2D eigenvalue weighted by molar-refractivity contribution is -0.282. The van der Waals surface area contributed by atoms with Gasteiger partial charge in [-0.1, -0.05) is 39.0 Å². The molecule has 248 valence electrons. The van der Waals surface area contributed by atoms with Gasteiger partial charge in [-0.05, 0) is 24.6 Å². The first kappa shape index (κ1) is 35.2. The number of esters is 4. The van der Waals surface area contributed by atoms with E-state index in [1.54, 1.807) is 25.2 Å². The quantitative estimate of drug-likeness (QED) is 0.139. The highest BCUT2D eigenvalue weighted by Crippen LogP contribution is 2.38. The van der Waals surface area contributed by atoms with Gasteiger partial charge in [0.05, 0.1) is 19.2 Å². The standard InChI is InChI=1S/C31H42N2O12/c1-7-8-9-10-11-12-15-40-26-23(21-14-13-20(32)16-22(21)33(5)29(26)37)44-31-28(43-19(4)36)25(42-18(3)35)24(41-17(2)34)27(45-31)30(38)39-6/h13-14,16,24-25,27-28,31H,7-12,15,32H2,1-6H3/t24-,25-,27-,28+,31+/m0/s1. The number of carbonyl (C=O) groups excluding carboxylic acids is 4. The van der Waals surface area contributed by atoms with E-state index in [4.69, 9.17) is 38.9 Å². The number of aryl methyl sites for hydroxylation is 1. The lowest BCUT2D eigenvalue weighted by Crippen LogP contribution is -2.64. The molecule has 0 saturated carbocycles. The highest BCUT2D eigenvalue weighted by Gasteiger charge is 2.56. The molecule has 45 heavy (non-hydrogen) atoms. The van der Waals surface area contributed by atoms with Gasteiger partial charge in [0.15, 0.2) is 24.1 Å². The summed E-state index contributed by atoms with van der Waals surface area (Å²) in [7, 11) is 2.64. The molecule has 2 aromatic rings. The van der Waals surface area contributed by atoms with Gasteiger partial charge in [-0.2, -0.15) is 0 Å². The number of hydrogen-bond donors (Lipinski definition) is 1. The fourth-order valence-electron chi connectivity index (χ4n) is 5.09. The van der Waals surface area contributed by atoms with Gasteiger partial charge in [-0.15, -0.1) is 0 Å². The molecule has 0 spiro atoms. The van der Waals surface area contributed by atoms with Crippen molar-refractivity contribution in [2.45, 2.75) is 96.9 Å². The Bertz CT molecular complexity index is 1440. The fourth-order valence-corrected chi connectivity index (χ4v) is 5.09. The molecule has 2 N–H and O–H groups in total. The molecule has 0 unspecified atom stereocenters. The van der Waals surface area contributed by atoms with Crippen LogP contribution in [-0.4, -0.2) is 72.9 Å². The molecule has 0 bridgehead atoms. The van der Waals surface area contributed by atoms with E-state index in [0.29, 0.717) is 23.0 Å². The van der Waals surface area contributed by atoms with Gasteiger partial charge >= 0.3 is 23.9 Å². The summed E-state index contributed by atoms with van der Waals surface area (Å²) in [5.41, 5.74) is 6.23. The van der Waals surface area contributed by atoms with Crippen LogP contribution in [0.3, 0.4) is 0 Å². The third-order valence-electron chi connectivity index (χ3n) is 7.15. The van der Waals surface area contributed by atoms with Crippen molar-refractivity contribution in [2.24, 2.45) is 7.05 Å². The first-order valence-electron chi connectivity index (χ1n) is 14.9. The second kappa shape index (κ2) is 16.1. The maximum absolute atomic E-state index is 13.6. The summed E-state index contributed by atoms with van der Waals surface area (Å²) >= 11 is 0. The Morgan fingerprint density at radius 1 is 0.867 bits per heavy atom.